The Balaban J connectivity index is 2.76. The van der Waals surface area contributed by atoms with Crippen molar-refractivity contribution in [2.75, 3.05) is 7.11 Å². The fourth-order valence-electron chi connectivity index (χ4n) is 1.90. The predicted molar refractivity (Wildman–Crippen MR) is 70.0 cm³/mol. The van der Waals surface area contributed by atoms with E-state index in [4.69, 9.17) is 4.74 Å². The zero-order chi connectivity index (χ0) is 12.4. The topological polar surface area (TPSA) is 26.3 Å². The van der Waals surface area contributed by atoms with Crippen molar-refractivity contribution in [2.24, 2.45) is 0 Å². The second kappa shape index (κ2) is 4.42. The molecule has 0 radical (unpaired) electrons. The number of hydrogen-bond donors (Lipinski definition) is 0. The number of rotatable bonds is 2. The standard InChI is InChI=1S/C15H14O2/c1-10(2)14-9-12(15(16)17-3)8-11-6-4-5-7-13(11)14/h4-9H,1H2,2-3H3. The molecule has 0 aromatic heterocycles. The van der Waals surface area contributed by atoms with E-state index in [1.165, 1.54) is 7.11 Å². The van der Waals surface area contributed by atoms with E-state index in [0.717, 1.165) is 21.9 Å². The molecule has 0 unspecified atom stereocenters. The molecule has 2 heteroatoms. The molecular weight excluding hydrogens is 212 g/mol. The summed E-state index contributed by atoms with van der Waals surface area (Å²) in [7, 11) is 1.39. The number of carbonyl (C=O) groups excluding carboxylic acids is 1. The average Bonchev–Trinajstić information content (AvgIpc) is 2.36. The molecule has 0 spiro atoms. The molecule has 2 rings (SSSR count). The van der Waals surface area contributed by atoms with Crippen molar-refractivity contribution in [3.05, 3.63) is 54.1 Å². The lowest BCUT2D eigenvalue weighted by molar-refractivity contribution is 0.0601. The number of benzene rings is 2. The van der Waals surface area contributed by atoms with Gasteiger partial charge in [0.1, 0.15) is 0 Å². The highest BCUT2D eigenvalue weighted by atomic mass is 16.5. The van der Waals surface area contributed by atoms with Crippen LogP contribution < -0.4 is 0 Å². The van der Waals surface area contributed by atoms with Crippen LogP contribution in [0.15, 0.2) is 43.0 Å². The summed E-state index contributed by atoms with van der Waals surface area (Å²) in [5.41, 5.74) is 2.49. The zero-order valence-electron chi connectivity index (χ0n) is 9.99. The minimum Gasteiger partial charge on any atom is -0.465 e. The van der Waals surface area contributed by atoms with Gasteiger partial charge in [-0.05, 0) is 35.4 Å². The second-order valence-corrected chi connectivity index (χ2v) is 4.02. The smallest absolute Gasteiger partial charge is 0.337 e. The molecule has 17 heavy (non-hydrogen) atoms. The van der Waals surface area contributed by atoms with Crippen LogP contribution in [0.3, 0.4) is 0 Å². The third-order valence-electron chi connectivity index (χ3n) is 2.74. The summed E-state index contributed by atoms with van der Waals surface area (Å²) in [6.07, 6.45) is 0. The van der Waals surface area contributed by atoms with Gasteiger partial charge in [0, 0.05) is 0 Å². The van der Waals surface area contributed by atoms with Crippen LogP contribution in [0.4, 0.5) is 0 Å². The van der Waals surface area contributed by atoms with Gasteiger partial charge in [-0.15, -0.1) is 0 Å². The number of methoxy groups -OCH3 is 1. The maximum atomic E-state index is 11.6. The molecule has 0 saturated heterocycles. The average molecular weight is 226 g/mol. The third kappa shape index (κ3) is 2.07. The van der Waals surface area contributed by atoms with Crippen molar-refractivity contribution in [3.63, 3.8) is 0 Å². The second-order valence-electron chi connectivity index (χ2n) is 4.02. The molecule has 0 aliphatic carbocycles. The van der Waals surface area contributed by atoms with Crippen LogP contribution in [0, 0.1) is 0 Å². The molecule has 0 heterocycles. The van der Waals surface area contributed by atoms with E-state index in [9.17, 15) is 4.79 Å². The van der Waals surface area contributed by atoms with E-state index in [1.807, 2.05) is 43.3 Å². The first-order valence-corrected chi connectivity index (χ1v) is 5.40. The molecule has 86 valence electrons. The van der Waals surface area contributed by atoms with Gasteiger partial charge in [-0.3, -0.25) is 0 Å². The molecule has 0 atom stereocenters. The van der Waals surface area contributed by atoms with Gasteiger partial charge in [-0.25, -0.2) is 4.79 Å². The third-order valence-corrected chi connectivity index (χ3v) is 2.74. The summed E-state index contributed by atoms with van der Waals surface area (Å²) in [5.74, 6) is -0.321. The van der Waals surface area contributed by atoms with Crippen molar-refractivity contribution in [1.82, 2.24) is 0 Å². The van der Waals surface area contributed by atoms with E-state index in [0.29, 0.717) is 5.56 Å². The maximum absolute atomic E-state index is 11.6. The van der Waals surface area contributed by atoms with Gasteiger partial charge in [0.25, 0.3) is 0 Å². The minimum absolute atomic E-state index is 0.321. The fourth-order valence-corrected chi connectivity index (χ4v) is 1.90. The van der Waals surface area contributed by atoms with E-state index in [2.05, 4.69) is 6.58 Å². The Bertz CT molecular complexity index is 597. The molecule has 2 aromatic rings. The first kappa shape index (κ1) is 11.4. The van der Waals surface area contributed by atoms with E-state index in [1.54, 1.807) is 0 Å². The Kier molecular flexibility index (Phi) is 2.96. The quantitative estimate of drug-likeness (QED) is 0.730. The van der Waals surface area contributed by atoms with E-state index >= 15 is 0 Å². The van der Waals surface area contributed by atoms with Crippen molar-refractivity contribution >= 4 is 22.3 Å². The van der Waals surface area contributed by atoms with Crippen LogP contribution in [0.2, 0.25) is 0 Å². The summed E-state index contributed by atoms with van der Waals surface area (Å²) in [4.78, 5) is 11.6. The number of esters is 1. The van der Waals surface area contributed by atoms with Crippen molar-refractivity contribution in [1.29, 1.82) is 0 Å². The molecule has 2 aromatic carbocycles. The van der Waals surface area contributed by atoms with Crippen LogP contribution in [0.25, 0.3) is 16.3 Å². The number of ether oxygens (including phenoxy) is 1. The van der Waals surface area contributed by atoms with Crippen LogP contribution in [0.1, 0.15) is 22.8 Å². The summed E-state index contributed by atoms with van der Waals surface area (Å²) in [6.45, 7) is 5.88. The number of carbonyl (C=O) groups is 1. The normalized spacial score (nSPS) is 10.2. The lowest BCUT2D eigenvalue weighted by atomic mass is 9.97. The van der Waals surface area contributed by atoms with Crippen LogP contribution >= 0.6 is 0 Å². The highest BCUT2D eigenvalue weighted by molar-refractivity contribution is 6.00. The Morgan fingerprint density at radius 3 is 2.59 bits per heavy atom. The Morgan fingerprint density at radius 2 is 1.94 bits per heavy atom. The minimum atomic E-state index is -0.321. The van der Waals surface area contributed by atoms with Crippen molar-refractivity contribution in [3.8, 4) is 0 Å². The SMILES string of the molecule is C=C(C)c1cc(C(=O)OC)cc2ccccc12. The summed E-state index contributed by atoms with van der Waals surface area (Å²) < 4.78 is 4.75. The van der Waals surface area contributed by atoms with Crippen molar-refractivity contribution in [2.45, 2.75) is 6.92 Å². The monoisotopic (exact) mass is 226 g/mol. The molecular formula is C15H14O2. The number of fused-ring (bicyclic) bond motifs is 1. The maximum Gasteiger partial charge on any atom is 0.337 e. The van der Waals surface area contributed by atoms with Gasteiger partial charge in [0.05, 0.1) is 12.7 Å². The lowest BCUT2D eigenvalue weighted by Crippen LogP contribution is -2.02. The molecule has 2 nitrogen and oxygen atoms in total. The molecule has 0 bridgehead atoms. The van der Waals surface area contributed by atoms with Gasteiger partial charge in [0.15, 0.2) is 0 Å². The molecule has 0 fully saturated rings. The van der Waals surface area contributed by atoms with Gasteiger partial charge >= 0.3 is 5.97 Å². The Labute approximate surface area is 101 Å². The van der Waals surface area contributed by atoms with Crippen molar-refractivity contribution < 1.29 is 9.53 Å². The van der Waals surface area contributed by atoms with Gasteiger partial charge in [-0.1, -0.05) is 36.4 Å². The summed E-state index contributed by atoms with van der Waals surface area (Å²) >= 11 is 0. The lowest BCUT2D eigenvalue weighted by Gasteiger charge is -2.09. The number of hydrogen-bond acceptors (Lipinski definition) is 2. The van der Waals surface area contributed by atoms with Gasteiger partial charge in [-0.2, -0.15) is 0 Å². The Morgan fingerprint density at radius 1 is 1.24 bits per heavy atom. The molecule has 0 saturated carbocycles. The van der Waals surface area contributed by atoms with Crippen LogP contribution in [-0.2, 0) is 4.74 Å². The summed E-state index contributed by atoms with van der Waals surface area (Å²) in [5, 5.41) is 2.13. The van der Waals surface area contributed by atoms with E-state index in [-0.39, 0.29) is 5.97 Å². The first-order chi connectivity index (χ1) is 8.13. The molecule has 0 amide bonds. The highest BCUT2D eigenvalue weighted by Gasteiger charge is 2.10. The van der Waals surface area contributed by atoms with Crippen LogP contribution in [-0.4, -0.2) is 13.1 Å². The zero-order valence-corrected chi connectivity index (χ0v) is 9.99. The van der Waals surface area contributed by atoms with Gasteiger partial charge < -0.3 is 4.74 Å². The number of allylic oxidation sites excluding steroid dienone is 1. The molecule has 0 aliphatic heterocycles. The highest BCUT2D eigenvalue weighted by Crippen LogP contribution is 2.26. The predicted octanol–water partition coefficient (Wildman–Crippen LogP) is 3.66. The largest absolute Gasteiger partial charge is 0.465 e. The van der Waals surface area contributed by atoms with Crippen LogP contribution in [0.5, 0.6) is 0 Å². The first-order valence-electron chi connectivity index (χ1n) is 5.40. The van der Waals surface area contributed by atoms with Gasteiger partial charge in [0.2, 0.25) is 0 Å². The molecule has 0 N–H and O–H groups in total. The summed E-state index contributed by atoms with van der Waals surface area (Å²) in [6, 6.07) is 11.6. The molecule has 0 aliphatic rings. The van der Waals surface area contributed by atoms with E-state index < -0.39 is 0 Å². The Hall–Kier alpha value is -2.09. The fraction of sp³-hybridized carbons (Fsp3) is 0.133.